The minimum Gasteiger partial charge on any atom is -0.492 e. The van der Waals surface area contributed by atoms with Crippen LogP contribution in [0.4, 0.5) is 0 Å². The summed E-state index contributed by atoms with van der Waals surface area (Å²) in [5, 5.41) is 28.5. The normalized spacial score (nSPS) is 17.3. The summed E-state index contributed by atoms with van der Waals surface area (Å²) in [6, 6.07) is 13.3. The first-order valence-electron chi connectivity index (χ1n) is 12.0. The Hall–Kier alpha value is -3.66. The number of carbonyl (C=O) groups is 2. The van der Waals surface area contributed by atoms with Gasteiger partial charge in [-0.1, -0.05) is 42.0 Å². The van der Waals surface area contributed by atoms with Crippen molar-refractivity contribution in [3.63, 3.8) is 0 Å². The predicted molar refractivity (Wildman–Crippen MR) is 138 cm³/mol. The SMILES string of the molecule is CCOc1cc([C@@H](C)NC(=O)[C@H](O)[C@@H](O)C(=O)N2CC=C[C@@H]2c2cccc(Cl)c2)ccc1-n1cccn1. The first-order valence-corrected chi connectivity index (χ1v) is 12.3. The standard InChI is InChI=1S/C27H29ClN4O5/c1-3-37-23-16-18(10-11-22(23)32-14-6-12-29-32)17(2)30-26(35)24(33)25(34)27(36)31-13-5-9-21(31)19-7-4-8-20(28)15-19/h4-12,14-17,21,24-25,33-34H,3,13H2,1-2H3,(H,30,35)/t17-,21-,24-,25-/m1/s1. The molecule has 9 nitrogen and oxygen atoms in total. The number of amides is 2. The Morgan fingerprint density at radius 2 is 2.00 bits per heavy atom. The minimum absolute atomic E-state index is 0.237. The highest BCUT2D eigenvalue weighted by molar-refractivity contribution is 6.30. The van der Waals surface area contributed by atoms with E-state index >= 15 is 0 Å². The molecule has 2 heterocycles. The van der Waals surface area contributed by atoms with Crippen molar-refractivity contribution in [3.05, 3.63) is 89.2 Å². The van der Waals surface area contributed by atoms with E-state index in [4.69, 9.17) is 16.3 Å². The van der Waals surface area contributed by atoms with Crippen molar-refractivity contribution in [2.75, 3.05) is 13.2 Å². The third kappa shape index (κ3) is 5.85. The van der Waals surface area contributed by atoms with Crippen molar-refractivity contribution < 1.29 is 24.5 Å². The fourth-order valence-electron chi connectivity index (χ4n) is 4.23. The molecule has 194 valence electrons. The molecule has 0 spiro atoms. The molecule has 1 aliphatic rings. The monoisotopic (exact) mass is 524 g/mol. The van der Waals surface area contributed by atoms with Crippen LogP contribution < -0.4 is 10.1 Å². The summed E-state index contributed by atoms with van der Waals surface area (Å²) in [5.74, 6) is -1.05. The molecule has 0 saturated heterocycles. The maximum absolute atomic E-state index is 13.0. The minimum atomic E-state index is -1.95. The number of aliphatic hydroxyl groups is 2. The van der Waals surface area contributed by atoms with E-state index in [1.165, 1.54) is 4.90 Å². The van der Waals surface area contributed by atoms with Gasteiger partial charge in [0.25, 0.3) is 11.8 Å². The van der Waals surface area contributed by atoms with E-state index in [0.29, 0.717) is 22.9 Å². The molecule has 3 N–H and O–H groups in total. The maximum atomic E-state index is 13.0. The molecule has 4 rings (SSSR count). The third-order valence-electron chi connectivity index (χ3n) is 6.14. The van der Waals surface area contributed by atoms with Crippen LogP contribution in [0.2, 0.25) is 5.02 Å². The first kappa shape index (κ1) is 26.4. The summed E-state index contributed by atoms with van der Waals surface area (Å²) in [6.45, 7) is 4.27. The largest absolute Gasteiger partial charge is 0.492 e. The zero-order chi connectivity index (χ0) is 26.5. The van der Waals surface area contributed by atoms with Gasteiger partial charge < -0.3 is 25.2 Å². The van der Waals surface area contributed by atoms with Crippen LogP contribution in [0.5, 0.6) is 5.75 Å². The van der Waals surface area contributed by atoms with Gasteiger partial charge in [-0.3, -0.25) is 9.59 Å². The van der Waals surface area contributed by atoms with Crippen molar-refractivity contribution >= 4 is 23.4 Å². The number of aromatic nitrogens is 2. The van der Waals surface area contributed by atoms with Gasteiger partial charge in [-0.25, -0.2) is 4.68 Å². The highest BCUT2D eigenvalue weighted by Gasteiger charge is 2.37. The maximum Gasteiger partial charge on any atom is 0.255 e. The average molecular weight is 525 g/mol. The van der Waals surface area contributed by atoms with Crippen LogP contribution in [-0.4, -0.2) is 62.1 Å². The summed E-state index contributed by atoms with van der Waals surface area (Å²) < 4.78 is 7.43. The molecular weight excluding hydrogens is 496 g/mol. The molecule has 0 unspecified atom stereocenters. The number of hydrogen-bond acceptors (Lipinski definition) is 6. The number of halogens is 1. The van der Waals surface area contributed by atoms with Crippen molar-refractivity contribution in [1.82, 2.24) is 20.0 Å². The van der Waals surface area contributed by atoms with E-state index in [9.17, 15) is 19.8 Å². The molecule has 0 aliphatic carbocycles. The Labute approximate surface area is 219 Å². The molecule has 1 aromatic heterocycles. The van der Waals surface area contributed by atoms with Gasteiger partial charge in [-0.2, -0.15) is 5.10 Å². The summed E-state index contributed by atoms with van der Waals surface area (Å²) in [6.07, 6.45) is 3.17. The molecule has 2 aromatic carbocycles. The lowest BCUT2D eigenvalue weighted by Crippen LogP contribution is -2.51. The molecule has 10 heteroatoms. The van der Waals surface area contributed by atoms with Gasteiger partial charge >= 0.3 is 0 Å². The van der Waals surface area contributed by atoms with Gasteiger partial charge in [-0.15, -0.1) is 0 Å². The number of hydrogen-bond donors (Lipinski definition) is 3. The summed E-state index contributed by atoms with van der Waals surface area (Å²) in [7, 11) is 0. The first-order chi connectivity index (χ1) is 17.8. The van der Waals surface area contributed by atoms with Gasteiger partial charge in [0.2, 0.25) is 0 Å². The Balaban J connectivity index is 1.43. The topological polar surface area (TPSA) is 117 Å². The summed E-state index contributed by atoms with van der Waals surface area (Å²) in [5.41, 5.74) is 2.21. The van der Waals surface area contributed by atoms with Crippen molar-refractivity contribution in [2.45, 2.75) is 38.1 Å². The lowest BCUT2D eigenvalue weighted by molar-refractivity contribution is -0.153. The number of benzene rings is 2. The molecular formula is C27H29ClN4O5. The van der Waals surface area contributed by atoms with Gasteiger partial charge in [0.05, 0.1) is 18.7 Å². The second-order valence-electron chi connectivity index (χ2n) is 8.65. The third-order valence-corrected chi connectivity index (χ3v) is 6.38. The van der Waals surface area contributed by atoms with E-state index in [0.717, 1.165) is 11.3 Å². The molecule has 4 atom stereocenters. The fourth-order valence-corrected chi connectivity index (χ4v) is 4.43. The number of ether oxygens (including phenoxy) is 1. The van der Waals surface area contributed by atoms with Gasteiger partial charge in [0, 0.05) is 24.0 Å². The highest BCUT2D eigenvalue weighted by atomic mass is 35.5. The number of aliphatic hydroxyl groups excluding tert-OH is 2. The lowest BCUT2D eigenvalue weighted by atomic mass is 10.0. The van der Waals surface area contributed by atoms with E-state index in [-0.39, 0.29) is 6.54 Å². The molecule has 1 aliphatic heterocycles. The lowest BCUT2D eigenvalue weighted by Gasteiger charge is -2.29. The van der Waals surface area contributed by atoms with Crippen LogP contribution in [-0.2, 0) is 9.59 Å². The number of nitrogens with zero attached hydrogens (tertiary/aromatic N) is 3. The highest BCUT2D eigenvalue weighted by Crippen LogP contribution is 2.30. The predicted octanol–water partition coefficient (Wildman–Crippen LogP) is 2.96. The average Bonchev–Trinajstić information content (AvgIpc) is 3.60. The van der Waals surface area contributed by atoms with Gasteiger partial charge in [0.15, 0.2) is 12.2 Å². The summed E-state index contributed by atoms with van der Waals surface area (Å²) >= 11 is 6.08. The van der Waals surface area contributed by atoms with Crippen LogP contribution >= 0.6 is 11.6 Å². The molecule has 0 bridgehead atoms. The molecule has 0 fully saturated rings. The number of nitrogens with one attached hydrogen (secondary N) is 1. The Morgan fingerprint density at radius 3 is 2.70 bits per heavy atom. The second-order valence-corrected chi connectivity index (χ2v) is 9.09. The Kier molecular flexibility index (Phi) is 8.27. The zero-order valence-corrected chi connectivity index (χ0v) is 21.2. The zero-order valence-electron chi connectivity index (χ0n) is 20.5. The van der Waals surface area contributed by atoms with Crippen LogP contribution in [0.1, 0.15) is 37.1 Å². The molecule has 0 saturated carbocycles. The van der Waals surface area contributed by atoms with Crippen molar-refractivity contribution in [3.8, 4) is 11.4 Å². The number of carbonyl (C=O) groups excluding carboxylic acids is 2. The van der Waals surface area contributed by atoms with Crippen molar-refractivity contribution in [1.29, 1.82) is 0 Å². The fraction of sp³-hybridized carbons (Fsp3) is 0.296. The van der Waals surface area contributed by atoms with Crippen LogP contribution in [0.15, 0.2) is 73.1 Å². The van der Waals surface area contributed by atoms with Crippen LogP contribution in [0.3, 0.4) is 0 Å². The number of rotatable bonds is 9. The summed E-state index contributed by atoms with van der Waals surface area (Å²) in [4.78, 5) is 27.2. The quantitative estimate of drug-likeness (QED) is 0.371. The molecule has 0 radical (unpaired) electrons. The Morgan fingerprint density at radius 1 is 1.19 bits per heavy atom. The second kappa shape index (κ2) is 11.6. The van der Waals surface area contributed by atoms with E-state index in [1.54, 1.807) is 60.4 Å². The van der Waals surface area contributed by atoms with Crippen LogP contribution in [0, 0.1) is 0 Å². The van der Waals surface area contributed by atoms with Gasteiger partial charge in [-0.05, 0) is 55.3 Å². The van der Waals surface area contributed by atoms with E-state index < -0.39 is 36.1 Å². The van der Waals surface area contributed by atoms with E-state index in [1.807, 2.05) is 31.2 Å². The smallest absolute Gasteiger partial charge is 0.255 e. The Bertz CT molecular complexity index is 1280. The van der Waals surface area contributed by atoms with E-state index in [2.05, 4.69) is 10.4 Å². The van der Waals surface area contributed by atoms with Crippen LogP contribution in [0.25, 0.3) is 5.69 Å². The molecule has 3 aromatic rings. The van der Waals surface area contributed by atoms with Crippen molar-refractivity contribution in [2.24, 2.45) is 0 Å². The molecule has 37 heavy (non-hydrogen) atoms. The van der Waals surface area contributed by atoms with Gasteiger partial charge in [0.1, 0.15) is 11.4 Å². The molecule has 2 amide bonds.